The van der Waals surface area contributed by atoms with Crippen molar-refractivity contribution in [3.63, 3.8) is 0 Å². The Labute approximate surface area is 125 Å². The number of ether oxygens (including phenoxy) is 1. The van der Waals surface area contributed by atoms with E-state index in [1.807, 2.05) is 12.1 Å². The lowest BCUT2D eigenvalue weighted by Crippen LogP contribution is -2.28. The van der Waals surface area contributed by atoms with Crippen molar-refractivity contribution in [1.29, 1.82) is 0 Å². The number of carboxylic acids is 1. The predicted molar refractivity (Wildman–Crippen MR) is 81.2 cm³/mol. The lowest BCUT2D eigenvalue weighted by atomic mass is 9.98. The number of carbonyl (C=O) groups excluding carboxylic acids is 1. The largest absolute Gasteiger partial charge is 0.496 e. The van der Waals surface area contributed by atoms with Gasteiger partial charge in [-0.1, -0.05) is 19.9 Å². The fourth-order valence-corrected chi connectivity index (χ4v) is 2.00. The quantitative estimate of drug-likeness (QED) is 0.746. The second-order valence-electron chi connectivity index (χ2n) is 5.42. The van der Waals surface area contributed by atoms with E-state index in [0.29, 0.717) is 23.8 Å². The van der Waals surface area contributed by atoms with Crippen molar-refractivity contribution in [2.24, 2.45) is 0 Å². The third-order valence-electron chi connectivity index (χ3n) is 3.31. The molecule has 0 aliphatic carbocycles. The highest BCUT2D eigenvalue weighted by molar-refractivity contribution is 6.00. The highest BCUT2D eigenvalue weighted by Crippen LogP contribution is 2.24. The number of aliphatic carboxylic acids is 1. The van der Waals surface area contributed by atoms with Crippen LogP contribution in [-0.2, 0) is 4.79 Å². The highest BCUT2D eigenvalue weighted by Gasteiger charge is 2.16. The van der Waals surface area contributed by atoms with E-state index in [4.69, 9.17) is 9.84 Å². The van der Waals surface area contributed by atoms with Crippen LogP contribution in [0.2, 0.25) is 0 Å². The summed E-state index contributed by atoms with van der Waals surface area (Å²) >= 11 is 0. The van der Waals surface area contributed by atoms with Gasteiger partial charge in [0.15, 0.2) is 5.78 Å². The fourth-order valence-electron chi connectivity index (χ4n) is 2.00. The van der Waals surface area contributed by atoms with Gasteiger partial charge < -0.3 is 9.84 Å². The molecule has 0 bridgehead atoms. The van der Waals surface area contributed by atoms with E-state index < -0.39 is 5.97 Å². The lowest BCUT2D eigenvalue weighted by molar-refractivity contribution is -0.137. The molecule has 1 aromatic rings. The van der Waals surface area contributed by atoms with Crippen LogP contribution >= 0.6 is 0 Å². The molecule has 1 aromatic carbocycles. The van der Waals surface area contributed by atoms with Crippen molar-refractivity contribution in [3.8, 4) is 5.75 Å². The van der Waals surface area contributed by atoms with Gasteiger partial charge in [0.1, 0.15) is 5.75 Å². The zero-order valence-corrected chi connectivity index (χ0v) is 13.0. The van der Waals surface area contributed by atoms with Gasteiger partial charge in [-0.05, 0) is 30.7 Å². The second kappa shape index (κ2) is 7.78. The van der Waals surface area contributed by atoms with Gasteiger partial charge in [-0.2, -0.15) is 0 Å². The van der Waals surface area contributed by atoms with E-state index in [9.17, 15) is 9.59 Å². The van der Waals surface area contributed by atoms with Crippen molar-refractivity contribution in [1.82, 2.24) is 4.90 Å². The summed E-state index contributed by atoms with van der Waals surface area (Å²) in [7, 11) is 3.27. The van der Waals surface area contributed by atoms with Gasteiger partial charge >= 0.3 is 5.97 Å². The average Bonchev–Trinajstić information content (AvgIpc) is 2.44. The van der Waals surface area contributed by atoms with Crippen LogP contribution in [-0.4, -0.2) is 49.0 Å². The molecule has 1 N–H and O–H groups in total. The molecule has 0 spiro atoms. The standard InChI is InChI=1S/C16H23NO4/c1-11(2)12-5-6-15(21-4)13(9-12)14(18)10-17(3)8-7-16(19)20/h5-6,9,11H,7-8,10H2,1-4H3,(H,19,20). The highest BCUT2D eigenvalue weighted by atomic mass is 16.5. The van der Waals surface area contributed by atoms with Crippen molar-refractivity contribution in [3.05, 3.63) is 29.3 Å². The Hall–Kier alpha value is -1.88. The summed E-state index contributed by atoms with van der Waals surface area (Å²) in [6.45, 7) is 4.64. The topological polar surface area (TPSA) is 66.8 Å². The SMILES string of the molecule is COc1ccc(C(C)C)cc1C(=O)CN(C)CCC(=O)O. The van der Waals surface area contributed by atoms with Crippen LogP contribution in [0.5, 0.6) is 5.75 Å². The van der Waals surface area contributed by atoms with E-state index in [2.05, 4.69) is 13.8 Å². The van der Waals surface area contributed by atoms with Crippen LogP contribution in [0.25, 0.3) is 0 Å². The molecule has 0 saturated heterocycles. The number of rotatable bonds is 8. The summed E-state index contributed by atoms with van der Waals surface area (Å²) in [5.74, 6) is -0.0563. The number of hydrogen-bond acceptors (Lipinski definition) is 4. The summed E-state index contributed by atoms with van der Waals surface area (Å²) in [5, 5.41) is 8.66. The number of ketones is 1. The lowest BCUT2D eigenvalue weighted by Gasteiger charge is -2.17. The number of carboxylic acid groups (broad SMARTS) is 1. The molecular weight excluding hydrogens is 270 g/mol. The van der Waals surface area contributed by atoms with Gasteiger partial charge in [0, 0.05) is 6.54 Å². The fraction of sp³-hybridized carbons (Fsp3) is 0.500. The van der Waals surface area contributed by atoms with E-state index >= 15 is 0 Å². The van der Waals surface area contributed by atoms with Crippen molar-refractivity contribution < 1.29 is 19.4 Å². The molecule has 0 aliphatic heterocycles. The molecular formula is C16H23NO4. The van der Waals surface area contributed by atoms with E-state index in [0.717, 1.165) is 5.56 Å². The van der Waals surface area contributed by atoms with Gasteiger partial charge in [0.25, 0.3) is 0 Å². The third kappa shape index (κ3) is 5.19. The summed E-state index contributed by atoms with van der Waals surface area (Å²) in [5.41, 5.74) is 1.62. The Morgan fingerprint density at radius 1 is 1.33 bits per heavy atom. The molecule has 0 atom stereocenters. The molecule has 116 valence electrons. The van der Waals surface area contributed by atoms with Gasteiger partial charge in [-0.25, -0.2) is 0 Å². The Morgan fingerprint density at radius 3 is 2.52 bits per heavy atom. The van der Waals surface area contributed by atoms with Crippen molar-refractivity contribution in [2.75, 3.05) is 27.2 Å². The molecule has 0 aliphatic rings. The minimum atomic E-state index is -0.867. The molecule has 0 unspecified atom stereocenters. The van der Waals surface area contributed by atoms with E-state index in [1.165, 1.54) is 7.11 Å². The van der Waals surface area contributed by atoms with Crippen LogP contribution in [0.1, 0.15) is 42.1 Å². The van der Waals surface area contributed by atoms with Crippen LogP contribution in [0.3, 0.4) is 0 Å². The molecule has 5 nitrogen and oxygen atoms in total. The normalized spacial score (nSPS) is 11.0. The molecule has 0 saturated carbocycles. The van der Waals surface area contributed by atoms with Gasteiger partial charge in [0.05, 0.1) is 25.6 Å². The van der Waals surface area contributed by atoms with Gasteiger partial charge in [-0.15, -0.1) is 0 Å². The Bertz CT molecular complexity index is 511. The molecule has 1 rings (SSSR count). The number of methoxy groups -OCH3 is 1. The summed E-state index contributed by atoms with van der Waals surface area (Å²) in [4.78, 5) is 24.6. The van der Waals surface area contributed by atoms with Crippen molar-refractivity contribution >= 4 is 11.8 Å². The van der Waals surface area contributed by atoms with Crippen LogP contribution in [0, 0.1) is 0 Å². The van der Waals surface area contributed by atoms with Crippen LogP contribution in [0.15, 0.2) is 18.2 Å². The van der Waals surface area contributed by atoms with Crippen LogP contribution in [0.4, 0.5) is 0 Å². The molecule has 21 heavy (non-hydrogen) atoms. The minimum absolute atomic E-state index is 0.0208. The Balaban J connectivity index is 2.85. The number of benzene rings is 1. The predicted octanol–water partition coefficient (Wildman–Crippen LogP) is 2.41. The molecule has 0 amide bonds. The maximum atomic E-state index is 12.4. The van der Waals surface area contributed by atoms with E-state index in [1.54, 1.807) is 18.0 Å². The summed E-state index contributed by atoms with van der Waals surface area (Å²) in [6, 6.07) is 5.62. The van der Waals surface area contributed by atoms with Crippen molar-refractivity contribution in [2.45, 2.75) is 26.2 Å². The number of nitrogens with zero attached hydrogens (tertiary/aromatic N) is 1. The summed E-state index contributed by atoms with van der Waals surface area (Å²) in [6.07, 6.45) is 0.0208. The van der Waals surface area contributed by atoms with E-state index in [-0.39, 0.29) is 18.7 Å². The zero-order valence-electron chi connectivity index (χ0n) is 13.0. The molecule has 5 heteroatoms. The monoisotopic (exact) mass is 293 g/mol. The summed E-state index contributed by atoms with van der Waals surface area (Å²) < 4.78 is 5.25. The molecule has 0 aromatic heterocycles. The smallest absolute Gasteiger partial charge is 0.304 e. The number of carbonyl (C=O) groups is 2. The average molecular weight is 293 g/mol. The third-order valence-corrected chi connectivity index (χ3v) is 3.31. The zero-order chi connectivity index (χ0) is 16.0. The van der Waals surface area contributed by atoms with Crippen LogP contribution < -0.4 is 4.74 Å². The van der Waals surface area contributed by atoms with Gasteiger partial charge in [0.2, 0.25) is 0 Å². The Kier molecular flexibility index (Phi) is 6.37. The second-order valence-corrected chi connectivity index (χ2v) is 5.42. The maximum Gasteiger partial charge on any atom is 0.304 e. The molecule has 0 fully saturated rings. The first-order valence-electron chi connectivity index (χ1n) is 6.96. The Morgan fingerprint density at radius 2 is 2.00 bits per heavy atom. The number of likely N-dealkylation sites (N-methyl/N-ethyl adjacent to an activating group) is 1. The number of Topliss-reactive ketones (excluding diaryl/α,β-unsaturated/α-hetero) is 1. The maximum absolute atomic E-state index is 12.4. The van der Waals surface area contributed by atoms with Gasteiger partial charge in [-0.3, -0.25) is 14.5 Å². The first kappa shape index (κ1) is 17.2. The molecule has 0 heterocycles. The molecule has 0 radical (unpaired) electrons. The first-order valence-corrected chi connectivity index (χ1v) is 6.96. The number of hydrogen-bond donors (Lipinski definition) is 1. The minimum Gasteiger partial charge on any atom is -0.496 e. The first-order chi connectivity index (χ1) is 9.85.